The number of rotatable bonds is 5. The fourth-order valence-corrected chi connectivity index (χ4v) is 4.82. The topological polar surface area (TPSA) is 92.6 Å². The number of benzene rings is 1. The fourth-order valence-electron chi connectivity index (χ4n) is 4.82. The SMILES string of the molecule is CNC(=O)c1c(NC2COC2)c2cc(NC3CC(C)C3)cnc2n2c1nc1ccccc12. The molecule has 1 saturated carbocycles. The second kappa shape index (κ2) is 7.34. The molecule has 1 aliphatic heterocycles. The molecule has 0 radical (unpaired) electrons. The molecule has 6 rings (SSSR count). The molecule has 8 nitrogen and oxygen atoms in total. The first kappa shape index (κ1) is 19.3. The van der Waals surface area contributed by atoms with Crippen LogP contribution in [-0.2, 0) is 4.74 Å². The quantitative estimate of drug-likeness (QED) is 0.449. The van der Waals surface area contributed by atoms with Crippen molar-refractivity contribution in [3.05, 3.63) is 42.1 Å². The van der Waals surface area contributed by atoms with Crippen LogP contribution in [-0.4, -0.2) is 52.6 Å². The molecule has 0 atom stereocenters. The molecule has 1 aliphatic carbocycles. The van der Waals surface area contributed by atoms with E-state index < -0.39 is 0 Å². The van der Waals surface area contributed by atoms with Crippen molar-refractivity contribution >= 4 is 45.0 Å². The van der Waals surface area contributed by atoms with Crippen molar-refractivity contribution in [2.24, 2.45) is 5.92 Å². The highest BCUT2D eigenvalue weighted by molar-refractivity contribution is 6.13. The van der Waals surface area contributed by atoms with Gasteiger partial charge in [-0.15, -0.1) is 0 Å². The summed E-state index contributed by atoms with van der Waals surface area (Å²) in [5.41, 5.74) is 5.38. The minimum Gasteiger partial charge on any atom is -0.381 e. The third kappa shape index (κ3) is 2.97. The Hall–Kier alpha value is -3.39. The highest BCUT2D eigenvalue weighted by atomic mass is 16.5. The van der Waals surface area contributed by atoms with Crippen LogP contribution in [0.15, 0.2) is 36.5 Å². The fraction of sp³-hybridized carbons (Fsp3) is 0.375. The first-order valence-corrected chi connectivity index (χ1v) is 11.2. The number of ether oxygens (including phenoxy) is 1. The van der Waals surface area contributed by atoms with Gasteiger partial charge in [0.1, 0.15) is 11.2 Å². The van der Waals surface area contributed by atoms with Crippen LogP contribution in [0.1, 0.15) is 30.1 Å². The standard InChI is InChI=1S/C24H26N6O2/c1-13-7-14(8-13)27-15-9-17-21(28-16-11-32-12-16)20(24(31)25-2)23-29-18-5-3-4-6-19(18)30(23)22(17)26-10-15/h3-6,9-10,13-14,16,27-28H,7-8,11-12H2,1-2H3,(H,25,31). The van der Waals surface area contributed by atoms with Crippen molar-refractivity contribution in [2.45, 2.75) is 31.8 Å². The van der Waals surface area contributed by atoms with Gasteiger partial charge in [-0.05, 0) is 37.0 Å². The molecule has 3 aromatic heterocycles. The van der Waals surface area contributed by atoms with Gasteiger partial charge in [-0.3, -0.25) is 9.20 Å². The molecule has 1 aromatic carbocycles. The monoisotopic (exact) mass is 430 g/mol. The average Bonchev–Trinajstić information content (AvgIpc) is 3.13. The lowest BCUT2D eigenvalue weighted by atomic mass is 9.82. The van der Waals surface area contributed by atoms with Gasteiger partial charge in [0.15, 0.2) is 5.65 Å². The van der Waals surface area contributed by atoms with Crippen LogP contribution in [0.4, 0.5) is 11.4 Å². The van der Waals surface area contributed by atoms with Gasteiger partial charge in [-0.2, -0.15) is 0 Å². The number of anilines is 2. The molecular weight excluding hydrogens is 404 g/mol. The number of hydrogen-bond acceptors (Lipinski definition) is 6. The Morgan fingerprint density at radius 3 is 2.66 bits per heavy atom. The average molecular weight is 431 g/mol. The summed E-state index contributed by atoms with van der Waals surface area (Å²) < 4.78 is 7.37. The number of carbonyl (C=O) groups excluding carboxylic acids is 1. The van der Waals surface area contributed by atoms with Gasteiger partial charge in [0, 0.05) is 18.5 Å². The number of hydrogen-bond donors (Lipinski definition) is 3. The number of amides is 1. The maximum absolute atomic E-state index is 13.1. The van der Waals surface area contributed by atoms with E-state index in [2.05, 4.69) is 28.9 Å². The Balaban J connectivity index is 1.63. The van der Waals surface area contributed by atoms with Crippen LogP contribution in [0.3, 0.4) is 0 Å². The molecule has 8 heteroatoms. The van der Waals surface area contributed by atoms with Crippen molar-refractivity contribution in [1.29, 1.82) is 0 Å². The zero-order chi connectivity index (χ0) is 21.8. The maximum atomic E-state index is 13.1. The van der Waals surface area contributed by atoms with Crippen LogP contribution >= 0.6 is 0 Å². The van der Waals surface area contributed by atoms with Crippen molar-refractivity contribution in [3.63, 3.8) is 0 Å². The third-order valence-electron chi connectivity index (χ3n) is 6.57. The zero-order valence-corrected chi connectivity index (χ0v) is 18.2. The largest absolute Gasteiger partial charge is 0.381 e. The summed E-state index contributed by atoms with van der Waals surface area (Å²) in [4.78, 5) is 22.8. The second-order valence-electron chi connectivity index (χ2n) is 8.98. The van der Waals surface area contributed by atoms with E-state index in [1.165, 1.54) is 0 Å². The van der Waals surface area contributed by atoms with E-state index in [9.17, 15) is 4.79 Å². The van der Waals surface area contributed by atoms with Crippen molar-refractivity contribution in [3.8, 4) is 0 Å². The minimum atomic E-state index is -0.180. The van der Waals surface area contributed by atoms with Crippen LogP contribution in [0, 0.1) is 5.92 Å². The van der Waals surface area contributed by atoms with Crippen LogP contribution in [0.5, 0.6) is 0 Å². The maximum Gasteiger partial charge on any atom is 0.256 e. The number of aromatic nitrogens is 3. The van der Waals surface area contributed by atoms with Crippen molar-refractivity contribution in [1.82, 2.24) is 19.7 Å². The smallest absolute Gasteiger partial charge is 0.256 e. The molecule has 4 heterocycles. The molecular formula is C24H26N6O2. The molecule has 164 valence electrons. The summed E-state index contributed by atoms with van der Waals surface area (Å²) in [6.07, 6.45) is 4.21. The molecule has 3 N–H and O–H groups in total. The zero-order valence-electron chi connectivity index (χ0n) is 18.2. The lowest BCUT2D eigenvalue weighted by molar-refractivity contribution is 0.0211. The van der Waals surface area contributed by atoms with Crippen LogP contribution in [0.2, 0.25) is 0 Å². The molecule has 2 fully saturated rings. The number of fused-ring (bicyclic) bond motifs is 5. The van der Waals surface area contributed by atoms with E-state index in [1.54, 1.807) is 7.05 Å². The van der Waals surface area contributed by atoms with Gasteiger partial charge in [-0.1, -0.05) is 19.1 Å². The molecule has 2 aliphatic rings. The summed E-state index contributed by atoms with van der Waals surface area (Å²) in [6.45, 7) is 3.50. The molecule has 0 unspecified atom stereocenters. The van der Waals surface area contributed by atoms with E-state index in [4.69, 9.17) is 14.7 Å². The predicted octanol–water partition coefficient (Wildman–Crippen LogP) is 3.42. The van der Waals surface area contributed by atoms with Crippen LogP contribution < -0.4 is 16.0 Å². The van der Waals surface area contributed by atoms with Crippen LogP contribution in [0.25, 0.3) is 27.7 Å². The predicted molar refractivity (Wildman–Crippen MR) is 125 cm³/mol. The Labute approximate surface area is 185 Å². The van der Waals surface area contributed by atoms with E-state index in [1.807, 2.05) is 34.9 Å². The van der Waals surface area contributed by atoms with E-state index in [0.29, 0.717) is 30.5 Å². The Bertz CT molecular complexity index is 1350. The van der Waals surface area contributed by atoms with Gasteiger partial charge in [-0.25, -0.2) is 9.97 Å². The van der Waals surface area contributed by atoms with Crippen molar-refractivity contribution < 1.29 is 9.53 Å². The van der Waals surface area contributed by atoms with E-state index >= 15 is 0 Å². The molecule has 1 saturated heterocycles. The number of nitrogens with zero attached hydrogens (tertiary/aromatic N) is 3. The number of pyridine rings is 2. The molecule has 1 amide bonds. The highest BCUT2D eigenvalue weighted by Crippen LogP contribution is 2.36. The molecule has 4 aromatic rings. The summed E-state index contributed by atoms with van der Waals surface area (Å²) in [5.74, 6) is 0.578. The molecule has 0 bridgehead atoms. The normalized spacial score (nSPS) is 20.8. The Morgan fingerprint density at radius 1 is 1.12 bits per heavy atom. The summed E-state index contributed by atoms with van der Waals surface area (Å²) >= 11 is 0. The lowest BCUT2D eigenvalue weighted by Crippen LogP contribution is -2.41. The number of para-hydroxylation sites is 2. The second-order valence-corrected chi connectivity index (χ2v) is 8.98. The van der Waals surface area contributed by atoms with Gasteiger partial charge in [0.2, 0.25) is 0 Å². The number of imidazole rings is 1. The summed E-state index contributed by atoms with van der Waals surface area (Å²) in [6, 6.07) is 10.6. The van der Waals surface area contributed by atoms with Crippen molar-refractivity contribution in [2.75, 3.05) is 30.9 Å². The van der Waals surface area contributed by atoms with Gasteiger partial charge < -0.3 is 20.7 Å². The Kier molecular flexibility index (Phi) is 4.43. The first-order chi connectivity index (χ1) is 15.6. The first-order valence-electron chi connectivity index (χ1n) is 11.2. The van der Waals surface area contributed by atoms with Gasteiger partial charge >= 0.3 is 0 Å². The van der Waals surface area contributed by atoms with E-state index in [-0.39, 0.29) is 11.9 Å². The Morgan fingerprint density at radius 2 is 1.94 bits per heavy atom. The summed E-state index contributed by atoms with van der Waals surface area (Å²) in [5, 5.41) is 10.9. The minimum absolute atomic E-state index is 0.150. The van der Waals surface area contributed by atoms with Gasteiger partial charge in [0.05, 0.1) is 47.9 Å². The van der Waals surface area contributed by atoms with E-state index in [0.717, 1.165) is 52.2 Å². The molecule has 32 heavy (non-hydrogen) atoms. The summed E-state index contributed by atoms with van der Waals surface area (Å²) in [7, 11) is 1.65. The number of carbonyl (C=O) groups is 1. The van der Waals surface area contributed by atoms with Gasteiger partial charge in [0.25, 0.3) is 5.91 Å². The highest BCUT2D eigenvalue weighted by Gasteiger charge is 2.28. The third-order valence-corrected chi connectivity index (χ3v) is 6.57. The lowest BCUT2D eigenvalue weighted by Gasteiger charge is -2.34. The molecule has 0 spiro atoms. The number of nitrogens with one attached hydrogen (secondary N) is 3.